The first-order valence-electron chi connectivity index (χ1n) is 15.2. The predicted octanol–water partition coefficient (Wildman–Crippen LogP) is 4.73. The van der Waals surface area contributed by atoms with Gasteiger partial charge in [0.1, 0.15) is 23.8 Å². The van der Waals surface area contributed by atoms with Gasteiger partial charge >= 0.3 is 23.5 Å². The van der Waals surface area contributed by atoms with E-state index in [1.165, 1.54) is 18.1 Å². The van der Waals surface area contributed by atoms with Crippen molar-refractivity contribution in [1.82, 2.24) is 19.5 Å². The molecule has 0 aliphatic carbocycles. The molecule has 2 aromatic carbocycles. The lowest BCUT2D eigenvalue weighted by atomic mass is 10.1. The molecule has 4 heterocycles. The van der Waals surface area contributed by atoms with Crippen LogP contribution >= 0.6 is 35.2 Å². The maximum atomic E-state index is 12.8. The van der Waals surface area contributed by atoms with Gasteiger partial charge in [0.05, 0.1) is 19.5 Å². The normalized spacial score (nSPS) is 25.6. The molecule has 6 rings (SSSR count). The Hall–Kier alpha value is -2.57. The Morgan fingerprint density at radius 3 is 2.18 bits per heavy atom. The molecule has 0 radical (unpaired) electrons. The summed E-state index contributed by atoms with van der Waals surface area (Å²) in [5, 5.41) is 0.436. The van der Waals surface area contributed by atoms with Gasteiger partial charge in [0.15, 0.2) is 29.1 Å². The number of benzene rings is 2. The Bertz CT molecular complexity index is 1930. The molecule has 0 spiro atoms. The van der Waals surface area contributed by atoms with E-state index in [1.807, 2.05) is 37.3 Å². The summed E-state index contributed by atoms with van der Waals surface area (Å²) in [5.41, 5.74) is 8.24. The molecule has 2 aromatic heterocycles. The fourth-order valence-corrected chi connectivity index (χ4v) is 9.44. The van der Waals surface area contributed by atoms with E-state index in [4.69, 9.17) is 29.0 Å². The lowest BCUT2D eigenvalue weighted by Gasteiger charge is -2.22. The first-order valence-corrected chi connectivity index (χ1v) is 20.7. The molecule has 0 bridgehead atoms. The summed E-state index contributed by atoms with van der Waals surface area (Å²) in [4.78, 5) is 43.6. The molecule has 8 atom stereocenters. The number of aromatic nitrogens is 4. The number of imidazole rings is 1. The molecule has 4 aromatic rings. The summed E-state index contributed by atoms with van der Waals surface area (Å²) in [6, 6.07) is 17.5. The number of nitrogen functional groups attached to an aromatic ring is 1. The van der Waals surface area contributed by atoms with Gasteiger partial charge in [-0.2, -0.15) is 8.62 Å². The SMILES string of the molecule is CCCSc1nc(N)c2ncn([C@@H]3O[C@H](COP(=O)(O)OP(=O)(O)OP(=O)(O)OCc4ccccc4)C4OC(Cc5ccccc5)O[C@@H]43)c2n1. The predicted molar refractivity (Wildman–Crippen MR) is 177 cm³/mol. The van der Waals surface area contributed by atoms with Crippen LogP contribution < -0.4 is 5.73 Å². The molecular weight excluding hydrogens is 739 g/mol. The average Bonchev–Trinajstić information content (AvgIpc) is 3.76. The van der Waals surface area contributed by atoms with Crippen LogP contribution in [0.5, 0.6) is 0 Å². The zero-order chi connectivity index (χ0) is 35.5. The molecule has 5 N–H and O–H groups in total. The Labute approximate surface area is 290 Å². The van der Waals surface area contributed by atoms with E-state index in [0.717, 1.165) is 17.7 Å². The fourth-order valence-electron chi connectivity index (χ4n) is 5.24. The number of rotatable bonds is 16. The number of thioether (sulfide) groups is 1. The number of hydrogen-bond donors (Lipinski definition) is 4. The van der Waals surface area contributed by atoms with Gasteiger partial charge in [-0.15, -0.1) is 0 Å². The smallest absolute Gasteiger partial charge is 0.382 e. The molecule has 18 nitrogen and oxygen atoms in total. The van der Waals surface area contributed by atoms with Gasteiger partial charge in [0, 0.05) is 12.2 Å². The minimum absolute atomic E-state index is 0.166. The Kier molecular flexibility index (Phi) is 11.6. The van der Waals surface area contributed by atoms with Crippen LogP contribution in [0.4, 0.5) is 5.82 Å². The molecular formula is C28H34N5O13P3S. The Morgan fingerprint density at radius 1 is 0.860 bits per heavy atom. The topological polar surface area (TPSA) is 246 Å². The lowest BCUT2D eigenvalue weighted by molar-refractivity contribution is -0.149. The van der Waals surface area contributed by atoms with Gasteiger partial charge in [-0.1, -0.05) is 79.3 Å². The van der Waals surface area contributed by atoms with Gasteiger partial charge in [-0.05, 0) is 17.5 Å². The van der Waals surface area contributed by atoms with Crippen molar-refractivity contribution in [2.24, 2.45) is 0 Å². The molecule has 2 aliphatic heterocycles. The Balaban J connectivity index is 1.17. The molecule has 0 amide bonds. The highest BCUT2D eigenvalue weighted by Gasteiger charge is 2.54. The quantitative estimate of drug-likeness (QED) is 0.0683. The molecule has 22 heteroatoms. The van der Waals surface area contributed by atoms with E-state index < -0.39 is 67.5 Å². The zero-order valence-electron chi connectivity index (χ0n) is 26.3. The summed E-state index contributed by atoms with van der Waals surface area (Å²) in [5.74, 6) is 0.923. The second-order valence-corrected chi connectivity index (χ2v) is 16.8. The van der Waals surface area contributed by atoms with E-state index in [1.54, 1.807) is 34.9 Å². The fraction of sp³-hybridized carbons (Fsp3) is 0.393. The standard InChI is InChI=1S/C28H34N5O13P3S/c1-2-13-50-28-31-25(29)22-26(32-28)33(17-30-22)27-24-23(43-21(44-24)14-18-9-5-3-6-10-18)20(42-27)16-41-48(36,37)46-49(38,39)45-47(34,35)40-15-19-11-7-4-8-12-19/h3-12,17,20-21,23-24,27H,2,13-16H2,1H3,(H,34,35)(H,36,37)(H,38,39)(H2,29,31,32)/t20-,21?,23?,24+,27-/m1/s1. The maximum absolute atomic E-state index is 12.8. The number of phosphoric ester groups is 2. The highest BCUT2D eigenvalue weighted by atomic mass is 32.2. The molecule has 270 valence electrons. The van der Waals surface area contributed by atoms with Crippen molar-refractivity contribution in [1.29, 1.82) is 0 Å². The second kappa shape index (κ2) is 15.6. The number of fused-ring (bicyclic) bond motifs is 2. The maximum Gasteiger partial charge on any atom is 0.490 e. The molecule has 2 fully saturated rings. The van der Waals surface area contributed by atoms with Crippen molar-refractivity contribution in [3.63, 3.8) is 0 Å². The van der Waals surface area contributed by atoms with Crippen molar-refractivity contribution in [3.05, 3.63) is 78.1 Å². The minimum Gasteiger partial charge on any atom is -0.382 e. The lowest BCUT2D eigenvalue weighted by Crippen LogP contribution is -2.31. The number of hydrogen-bond acceptors (Lipinski definition) is 15. The molecule has 2 saturated heterocycles. The van der Waals surface area contributed by atoms with E-state index in [2.05, 4.69) is 23.6 Å². The largest absolute Gasteiger partial charge is 0.490 e. The number of nitrogens with two attached hydrogens (primary N) is 1. The van der Waals surface area contributed by atoms with Crippen LogP contribution in [0.1, 0.15) is 30.7 Å². The van der Waals surface area contributed by atoms with Crippen LogP contribution in [0.15, 0.2) is 72.1 Å². The highest BCUT2D eigenvalue weighted by molar-refractivity contribution is 7.99. The van der Waals surface area contributed by atoms with Crippen molar-refractivity contribution in [3.8, 4) is 0 Å². The van der Waals surface area contributed by atoms with E-state index >= 15 is 0 Å². The minimum atomic E-state index is -5.70. The van der Waals surface area contributed by atoms with Gasteiger partial charge in [0.2, 0.25) is 0 Å². The first-order chi connectivity index (χ1) is 23.8. The molecule has 2 aliphatic rings. The van der Waals surface area contributed by atoms with Crippen molar-refractivity contribution >= 4 is 52.2 Å². The van der Waals surface area contributed by atoms with Crippen LogP contribution in [-0.4, -0.2) is 71.2 Å². The first kappa shape index (κ1) is 37.2. The van der Waals surface area contributed by atoms with Gasteiger partial charge in [-0.25, -0.2) is 28.6 Å². The van der Waals surface area contributed by atoms with E-state index in [9.17, 15) is 28.4 Å². The molecule has 0 saturated carbocycles. The second-order valence-electron chi connectivity index (χ2n) is 11.1. The highest BCUT2D eigenvalue weighted by Crippen LogP contribution is 2.68. The number of anilines is 1. The van der Waals surface area contributed by atoms with Crippen LogP contribution in [0, 0.1) is 0 Å². The van der Waals surface area contributed by atoms with Gasteiger partial charge in [-0.3, -0.25) is 13.6 Å². The van der Waals surface area contributed by atoms with E-state index in [0.29, 0.717) is 28.3 Å². The monoisotopic (exact) mass is 773 g/mol. The van der Waals surface area contributed by atoms with Crippen molar-refractivity contribution in [2.45, 2.75) is 62.4 Å². The molecule has 50 heavy (non-hydrogen) atoms. The summed E-state index contributed by atoms with van der Waals surface area (Å²) in [7, 11) is -16.4. The zero-order valence-corrected chi connectivity index (χ0v) is 29.8. The average molecular weight is 774 g/mol. The summed E-state index contributed by atoms with van der Waals surface area (Å²) in [6.07, 6.45) is -1.76. The summed E-state index contributed by atoms with van der Waals surface area (Å²) < 4.78 is 76.1. The van der Waals surface area contributed by atoms with Gasteiger partial charge < -0.3 is 34.6 Å². The molecule has 5 unspecified atom stereocenters. The third kappa shape index (κ3) is 9.26. The third-order valence-corrected chi connectivity index (χ3v) is 12.6. The number of nitrogens with zero attached hydrogens (tertiary/aromatic N) is 4. The number of ether oxygens (including phenoxy) is 3. The Morgan fingerprint density at radius 2 is 1.50 bits per heavy atom. The summed E-state index contributed by atoms with van der Waals surface area (Å²) >= 11 is 1.42. The third-order valence-electron chi connectivity index (χ3n) is 7.34. The number of phosphoric acid groups is 3. The van der Waals surface area contributed by atoms with Crippen LogP contribution in [0.3, 0.4) is 0 Å². The van der Waals surface area contributed by atoms with Crippen molar-refractivity contribution < 1.29 is 60.3 Å². The van der Waals surface area contributed by atoms with Crippen LogP contribution in [0.25, 0.3) is 11.2 Å². The van der Waals surface area contributed by atoms with Crippen LogP contribution in [-0.2, 0) is 58.6 Å². The summed E-state index contributed by atoms with van der Waals surface area (Å²) in [6.45, 7) is 0.837. The van der Waals surface area contributed by atoms with Crippen LogP contribution in [0.2, 0.25) is 0 Å². The van der Waals surface area contributed by atoms with E-state index in [-0.39, 0.29) is 5.82 Å². The van der Waals surface area contributed by atoms with Crippen molar-refractivity contribution in [2.75, 3.05) is 18.1 Å². The van der Waals surface area contributed by atoms with Gasteiger partial charge in [0.25, 0.3) is 0 Å².